The molecule has 2 heterocycles. The van der Waals surface area contributed by atoms with Crippen LogP contribution < -0.4 is 21.0 Å². The molecule has 1 fully saturated rings. The van der Waals surface area contributed by atoms with E-state index in [0.717, 1.165) is 42.4 Å². The number of benzene rings is 1. The standard InChI is InChI=1S/C27H34N2O7/c1-15(2)24(25(32)33)29-23(31)14-28-22(30)12-19-16(3)18-11-17-7-10-27(8-5-4-6-9-27)36-20(17)13-21(18)35-26(19)34/h11,13,15,24H,4-10,12,14H2,1-3H3,(H,28,30)(H,29,31)(H,32,33)/t24-/m0/s1. The largest absolute Gasteiger partial charge is 0.487 e. The van der Waals surface area contributed by atoms with Gasteiger partial charge in [0.15, 0.2) is 0 Å². The first-order chi connectivity index (χ1) is 17.1. The van der Waals surface area contributed by atoms with Crippen molar-refractivity contribution in [2.24, 2.45) is 5.92 Å². The molecule has 1 aliphatic heterocycles. The molecule has 2 aliphatic rings. The molecule has 9 heteroatoms. The van der Waals surface area contributed by atoms with E-state index in [9.17, 15) is 24.3 Å². The average Bonchev–Trinajstić information content (AvgIpc) is 2.83. The van der Waals surface area contributed by atoms with Crippen molar-refractivity contribution in [1.82, 2.24) is 10.6 Å². The van der Waals surface area contributed by atoms with Gasteiger partial charge in [0.1, 0.15) is 23.0 Å². The molecule has 1 atom stereocenters. The molecule has 2 amide bonds. The molecule has 1 aromatic carbocycles. The first-order valence-electron chi connectivity index (χ1n) is 12.7. The number of rotatable bonds is 7. The predicted molar refractivity (Wildman–Crippen MR) is 133 cm³/mol. The van der Waals surface area contributed by atoms with Crippen molar-refractivity contribution in [3.8, 4) is 5.75 Å². The second-order valence-corrected chi connectivity index (χ2v) is 10.4. The van der Waals surface area contributed by atoms with Gasteiger partial charge >= 0.3 is 11.6 Å². The number of carboxylic acid groups (broad SMARTS) is 1. The molecule has 1 saturated carbocycles. The zero-order chi connectivity index (χ0) is 26.0. The molecule has 9 nitrogen and oxygen atoms in total. The summed E-state index contributed by atoms with van der Waals surface area (Å²) in [6, 6.07) is 2.74. The fourth-order valence-corrected chi connectivity index (χ4v) is 5.29. The summed E-state index contributed by atoms with van der Waals surface area (Å²) in [4.78, 5) is 48.6. The molecule has 194 valence electrons. The Bertz CT molecular complexity index is 1240. The van der Waals surface area contributed by atoms with Crippen molar-refractivity contribution in [1.29, 1.82) is 0 Å². The van der Waals surface area contributed by atoms with Gasteiger partial charge in [-0.05, 0) is 68.6 Å². The highest BCUT2D eigenvalue weighted by molar-refractivity contribution is 5.89. The normalized spacial score (nSPS) is 17.3. The average molecular weight is 499 g/mol. The van der Waals surface area contributed by atoms with Crippen molar-refractivity contribution in [2.75, 3.05) is 6.54 Å². The minimum Gasteiger partial charge on any atom is -0.487 e. The maximum atomic E-state index is 12.8. The third-order valence-corrected chi connectivity index (χ3v) is 7.44. The van der Waals surface area contributed by atoms with Gasteiger partial charge in [0.25, 0.3) is 0 Å². The molecule has 1 aromatic heterocycles. The lowest BCUT2D eigenvalue weighted by atomic mass is 9.79. The molecule has 0 radical (unpaired) electrons. The van der Waals surface area contributed by atoms with Crippen LogP contribution in [0, 0.1) is 12.8 Å². The SMILES string of the molecule is Cc1c(CC(=O)NCC(=O)N[C@H](C(=O)O)C(C)C)c(=O)oc2cc3c(cc12)CCC1(CCCCC1)O3. The van der Waals surface area contributed by atoms with Gasteiger partial charge in [-0.2, -0.15) is 0 Å². The first-order valence-corrected chi connectivity index (χ1v) is 12.7. The Hall–Kier alpha value is -3.36. The Morgan fingerprint density at radius 2 is 1.81 bits per heavy atom. The van der Waals surface area contributed by atoms with Crippen LogP contribution in [0.15, 0.2) is 21.3 Å². The third kappa shape index (κ3) is 5.39. The molecule has 36 heavy (non-hydrogen) atoms. The van der Waals surface area contributed by atoms with Gasteiger partial charge < -0.3 is 24.9 Å². The molecule has 0 saturated heterocycles. The van der Waals surface area contributed by atoms with Crippen molar-refractivity contribution in [3.63, 3.8) is 0 Å². The second kappa shape index (κ2) is 10.3. The highest BCUT2D eigenvalue weighted by atomic mass is 16.5. The fourth-order valence-electron chi connectivity index (χ4n) is 5.29. The van der Waals surface area contributed by atoms with Gasteiger partial charge in [-0.1, -0.05) is 20.3 Å². The van der Waals surface area contributed by atoms with Gasteiger partial charge in [-0.25, -0.2) is 9.59 Å². The van der Waals surface area contributed by atoms with Crippen molar-refractivity contribution in [3.05, 3.63) is 39.2 Å². The molecular weight excluding hydrogens is 464 g/mol. The Balaban J connectivity index is 1.47. The van der Waals surface area contributed by atoms with Crippen LogP contribution in [0.25, 0.3) is 11.0 Å². The second-order valence-electron chi connectivity index (χ2n) is 10.4. The predicted octanol–water partition coefficient (Wildman–Crippen LogP) is 3.01. The lowest BCUT2D eigenvalue weighted by Crippen LogP contribution is -2.48. The van der Waals surface area contributed by atoms with E-state index >= 15 is 0 Å². The molecule has 3 N–H and O–H groups in total. The van der Waals surface area contributed by atoms with Crippen LogP contribution in [0.2, 0.25) is 0 Å². The molecule has 1 spiro atoms. The zero-order valence-corrected chi connectivity index (χ0v) is 21.1. The third-order valence-electron chi connectivity index (χ3n) is 7.44. The van der Waals surface area contributed by atoms with Crippen LogP contribution in [-0.4, -0.2) is 41.1 Å². The van der Waals surface area contributed by atoms with Crippen molar-refractivity contribution >= 4 is 28.8 Å². The summed E-state index contributed by atoms with van der Waals surface area (Å²) in [5.41, 5.74) is 1.67. The van der Waals surface area contributed by atoms with E-state index < -0.39 is 29.5 Å². The number of carbonyl (C=O) groups excluding carboxylic acids is 2. The van der Waals surface area contributed by atoms with Gasteiger partial charge in [0.05, 0.1) is 18.5 Å². The Labute approximate surface area is 209 Å². The van der Waals surface area contributed by atoms with Crippen LogP contribution in [-0.2, 0) is 27.2 Å². The van der Waals surface area contributed by atoms with Gasteiger partial charge in [0, 0.05) is 11.5 Å². The van der Waals surface area contributed by atoms with E-state index in [0.29, 0.717) is 11.1 Å². The minimum atomic E-state index is -1.14. The monoisotopic (exact) mass is 498 g/mol. The van der Waals surface area contributed by atoms with Crippen LogP contribution >= 0.6 is 0 Å². The van der Waals surface area contributed by atoms with Crippen LogP contribution in [0.5, 0.6) is 5.75 Å². The van der Waals surface area contributed by atoms with Crippen molar-refractivity contribution in [2.45, 2.75) is 83.8 Å². The lowest BCUT2D eigenvalue weighted by molar-refractivity contribution is -0.143. The van der Waals surface area contributed by atoms with Crippen LogP contribution in [0.4, 0.5) is 0 Å². The van der Waals surface area contributed by atoms with E-state index in [2.05, 4.69) is 10.6 Å². The number of carboxylic acids is 1. The number of nitrogens with one attached hydrogen (secondary N) is 2. The van der Waals surface area contributed by atoms with Gasteiger partial charge in [-0.3, -0.25) is 9.59 Å². The summed E-state index contributed by atoms with van der Waals surface area (Å²) in [5, 5.41) is 14.8. The lowest BCUT2D eigenvalue weighted by Gasteiger charge is -2.41. The summed E-state index contributed by atoms with van der Waals surface area (Å²) >= 11 is 0. The van der Waals surface area contributed by atoms with Crippen LogP contribution in [0.3, 0.4) is 0 Å². The number of aryl methyl sites for hydroxylation is 2. The minimum absolute atomic E-state index is 0.113. The zero-order valence-electron chi connectivity index (χ0n) is 21.1. The van der Waals surface area contributed by atoms with Gasteiger partial charge in [0.2, 0.25) is 11.8 Å². The summed E-state index contributed by atoms with van der Waals surface area (Å²) in [6.45, 7) is 4.75. The number of ether oxygens (including phenoxy) is 1. The molecule has 2 aromatic rings. The van der Waals surface area contributed by atoms with Crippen LogP contribution in [0.1, 0.15) is 69.1 Å². The molecule has 0 unspecified atom stereocenters. The maximum Gasteiger partial charge on any atom is 0.340 e. The Kier molecular flexibility index (Phi) is 7.38. The number of amides is 2. The number of fused-ring (bicyclic) bond motifs is 2. The highest BCUT2D eigenvalue weighted by Gasteiger charge is 2.37. The Morgan fingerprint density at radius 3 is 2.47 bits per heavy atom. The van der Waals surface area contributed by atoms with E-state index in [1.165, 1.54) is 19.3 Å². The van der Waals surface area contributed by atoms with E-state index in [1.54, 1.807) is 26.8 Å². The molecule has 1 aliphatic carbocycles. The quantitative estimate of drug-likeness (QED) is 0.500. The number of aliphatic carboxylic acids is 1. The Morgan fingerprint density at radius 1 is 1.08 bits per heavy atom. The van der Waals surface area contributed by atoms with E-state index in [-0.39, 0.29) is 30.0 Å². The summed E-state index contributed by atoms with van der Waals surface area (Å²) in [6.07, 6.45) is 7.29. The molecule has 0 bridgehead atoms. The summed E-state index contributed by atoms with van der Waals surface area (Å²) < 4.78 is 12.0. The van der Waals surface area contributed by atoms with Gasteiger partial charge in [-0.15, -0.1) is 0 Å². The topological polar surface area (TPSA) is 135 Å². The van der Waals surface area contributed by atoms with Crippen molar-refractivity contribution < 1.29 is 28.6 Å². The summed E-state index contributed by atoms with van der Waals surface area (Å²) in [5.74, 6) is -1.83. The molecule has 4 rings (SSSR count). The van der Waals surface area contributed by atoms with E-state index in [1.807, 2.05) is 6.07 Å². The first kappa shape index (κ1) is 25.7. The maximum absolute atomic E-state index is 12.8. The number of hydrogen-bond acceptors (Lipinski definition) is 6. The van der Waals surface area contributed by atoms with E-state index in [4.69, 9.17) is 9.15 Å². The number of carbonyl (C=O) groups is 3. The molecular formula is C27H34N2O7. The summed E-state index contributed by atoms with van der Waals surface area (Å²) in [7, 11) is 0. The number of hydrogen-bond donors (Lipinski definition) is 3. The smallest absolute Gasteiger partial charge is 0.340 e. The fraction of sp³-hybridized carbons (Fsp3) is 0.556. The highest BCUT2D eigenvalue weighted by Crippen LogP contribution is 2.43.